The fourth-order valence-electron chi connectivity index (χ4n) is 1.24. The first-order valence-corrected chi connectivity index (χ1v) is 5.45. The van der Waals surface area contributed by atoms with E-state index in [9.17, 15) is 0 Å². The Bertz CT molecular complexity index is 93.8. The van der Waals surface area contributed by atoms with Gasteiger partial charge in [-0.15, -0.1) is 11.6 Å². The van der Waals surface area contributed by atoms with Crippen molar-refractivity contribution in [3.05, 3.63) is 0 Å². The summed E-state index contributed by atoms with van der Waals surface area (Å²) >= 11 is 5.81. The third-order valence-corrected chi connectivity index (χ3v) is 2.21. The van der Waals surface area contributed by atoms with Gasteiger partial charge in [0, 0.05) is 5.38 Å². The number of hydrogen-bond donors (Lipinski definition) is 1. The molecule has 0 fully saturated rings. The Kier molecular flexibility index (Phi) is 8.04. The number of alkyl halides is 1. The van der Waals surface area contributed by atoms with Crippen molar-refractivity contribution < 1.29 is 0 Å². The molecule has 0 aromatic heterocycles. The fourth-order valence-corrected chi connectivity index (χ4v) is 1.35. The molecule has 0 aliphatic rings. The lowest BCUT2D eigenvalue weighted by atomic mass is 10.1. The maximum Gasteiger partial charge on any atom is 0.0319 e. The molecule has 0 heterocycles. The molecule has 0 aliphatic heterocycles. The Labute approximate surface area is 81.9 Å². The molecule has 0 aliphatic carbocycles. The van der Waals surface area contributed by atoms with Crippen molar-refractivity contribution in [1.82, 2.24) is 5.32 Å². The summed E-state index contributed by atoms with van der Waals surface area (Å²) in [6.45, 7) is 8.76. The van der Waals surface area contributed by atoms with E-state index in [0.29, 0.717) is 5.38 Å². The maximum absolute atomic E-state index is 5.81. The van der Waals surface area contributed by atoms with Gasteiger partial charge in [0.05, 0.1) is 0 Å². The number of hydrogen-bond acceptors (Lipinski definition) is 1. The van der Waals surface area contributed by atoms with Crippen LogP contribution in [0.5, 0.6) is 0 Å². The minimum Gasteiger partial charge on any atom is -0.316 e. The van der Waals surface area contributed by atoms with Crippen molar-refractivity contribution in [1.29, 1.82) is 0 Å². The second-order valence-electron chi connectivity index (χ2n) is 3.67. The smallest absolute Gasteiger partial charge is 0.0319 e. The van der Waals surface area contributed by atoms with E-state index in [2.05, 4.69) is 19.2 Å². The average molecular weight is 192 g/mol. The Morgan fingerprint density at radius 1 is 1.25 bits per heavy atom. The zero-order valence-electron chi connectivity index (χ0n) is 8.57. The first kappa shape index (κ1) is 12.2. The topological polar surface area (TPSA) is 12.0 Å². The highest BCUT2D eigenvalue weighted by molar-refractivity contribution is 6.20. The van der Waals surface area contributed by atoms with Gasteiger partial charge in [0.2, 0.25) is 0 Å². The predicted octanol–water partition coefficient (Wildman–Crippen LogP) is 3.03. The van der Waals surface area contributed by atoms with Crippen LogP contribution in [0.1, 0.15) is 40.0 Å². The first-order valence-electron chi connectivity index (χ1n) is 5.01. The third kappa shape index (κ3) is 8.35. The molecule has 12 heavy (non-hydrogen) atoms. The molecular weight excluding hydrogens is 170 g/mol. The van der Waals surface area contributed by atoms with E-state index in [1.165, 1.54) is 12.8 Å². The molecule has 0 aromatic carbocycles. The van der Waals surface area contributed by atoms with Crippen LogP contribution in [0.15, 0.2) is 0 Å². The zero-order chi connectivity index (χ0) is 9.40. The molecule has 0 rings (SSSR count). The molecule has 74 valence electrons. The molecule has 0 aromatic rings. The molecule has 2 atom stereocenters. The highest BCUT2D eigenvalue weighted by Gasteiger charge is 2.00. The van der Waals surface area contributed by atoms with Crippen molar-refractivity contribution in [3.8, 4) is 0 Å². The Morgan fingerprint density at radius 2 is 1.92 bits per heavy atom. The van der Waals surface area contributed by atoms with Crippen molar-refractivity contribution in [3.63, 3.8) is 0 Å². The summed E-state index contributed by atoms with van der Waals surface area (Å²) in [5.41, 5.74) is 0. The standard InChI is InChI=1S/C10H22ClN/c1-4-5-9(2)8-12-7-6-10(3)11/h9-10,12H,4-8H2,1-3H3. The second-order valence-corrected chi connectivity index (χ2v) is 4.41. The van der Waals surface area contributed by atoms with Gasteiger partial charge in [-0.1, -0.05) is 20.3 Å². The summed E-state index contributed by atoms with van der Waals surface area (Å²) in [5, 5.41) is 3.72. The average Bonchev–Trinajstić information content (AvgIpc) is 1.98. The fraction of sp³-hybridized carbons (Fsp3) is 1.00. The summed E-state index contributed by atoms with van der Waals surface area (Å²) in [7, 11) is 0. The van der Waals surface area contributed by atoms with Crippen LogP contribution in [0, 0.1) is 5.92 Å². The molecule has 2 unspecified atom stereocenters. The van der Waals surface area contributed by atoms with Crippen molar-refractivity contribution in [2.24, 2.45) is 5.92 Å². The number of rotatable bonds is 7. The van der Waals surface area contributed by atoms with E-state index in [0.717, 1.165) is 25.4 Å². The molecular formula is C10H22ClN. The molecule has 0 saturated heterocycles. The molecule has 0 bridgehead atoms. The van der Waals surface area contributed by atoms with Gasteiger partial charge in [-0.05, 0) is 38.8 Å². The first-order chi connectivity index (χ1) is 5.66. The quantitative estimate of drug-likeness (QED) is 0.482. The van der Waals surface area contributed by atoms with Crippen LogP contribution < -0.4 is 5.32 Å². The Hall–Kier alpha value is 0.250. The monoisotopic (exact) mass is 191 g/mol. The summed E-state index contributed by atoms with van der Waals surface area (Å²) < 4.78 is 0. The van der Waals surface area contributed by atoms with Crippen LogP contribution in [-0.4, -0.2) is 18.5 Å². The third-order valence-electron chi connectivity index (χ3n) is 1.99. The summed E-state index contributed by atoms with van der Waals surface area (Å²) in [6.07, 6.45) is 3.68. The van der Waals surface area contributed by atoms with Crippen molar-refractivity contribution >= 4 is 11.6 Å². The van der Waals surface area contributed by atoms with Gasteiger partial charge in [0.25, 0.3) is 0 Å². The van der Waals surface area contributed by atoms with Crippen LogP contribution in [0.3, 0.4) is 0 Å². The lowest BCUT2D eigenvalue weighted by Crippen LogP contribution is -2.23. The summed E-state index contributed by atoms with van der Waals surface area (Å²) in [4.78, 5) is 0. The van der Waals surface area contributed by atoms with E-state index in [1.54, 1.807) is 0 Å². The molecule has 0 amide bonds. The van der Waals surface area contributed by atoms with Gasteiger partial charge in [0.15, 0.2) is 0 Å². The summed E-state index contributed by atoms with van der Waals surface area (Å²) in [6, 6.07) is 0. The van der Waals surface area contributed by atoms with Gasteiger partial charge in [-0.2, -0.15) is 0 Å². The van der Waals surface area contributed by atoms with Crippen molar-refractivity contribution in [2.45, 2.75) is 45.4 Å². The lowest BCUT2D eigenvalue weighted by molar-refractivity contribution is 0.472. The molecule has 2 heteroatoms. The van der Waals surface area contributed by atoms with Crippen LogP contribution in [0.2, 0.25) is 0 Å². The molecule has 1 nitrogen and oxygen atoms in total. The van der Waals surface area contributed by atoms with Gasteiger partial charge >= 0.3 is 0 Å². The normalized spacial score (nSPS) is 16.0. The van der Waals surface area contributed by atoms with Gasteiger partial charge in [-0.3, -0.25) is 0 Å². The Balaban J connectivity index is 3.08. The van der Waals surface area contributed by atoms with Gasteiger partial charge in [0.1, 0.15) is 0 Å². The van der Waals surface area contributed by atoms with E-state index in [1.807, 2.05) is 6.92 Å². The largest absolute Gasteiger partial charge is 0.316 e. The lowest BCUT2D eigenvalue weighted by Gasteiger charge is -2.11. The minimum absolute atomic E-state index is 0.305. The molecule has 0 spiro atoms. The molecule has 1 N–H and O–H groups in total. The van der Waals surface area contributed by atoms with E-state index in [-0.39, 0.29) is 0 Å². The van der Waals surface area contributed by atoms with Crippen LogP contribution in [0.4, 0.5) is 0 Å². The van der Waals surface area contributed by atoms with E-state index >= 15 is 0 Å². The predicted molar refractivity (Wildman–Crippen MR) is 56.9 cm³/mol. The van der Waals surface area contributed by atoms with Crippen LogP contribution in [0.25, 0.3) is 0 Å². The zero-order valence-corrected chi connectivity index (χ0v) is 9.32. The summed E-state index contributed by atoms with van der Waals surface area (Å²) in [5.74, 6) is 0.806. The highest BCUT2D eigenvalue weighted by atomic mass is 35.5. The van der Waals surface area contributed by atoms with E-state index < -0.39 is 0 Å². The number of nitrogens with one attached hydrogen (secondary N) is 1. The Morgan fingerprint density at radius 3 is 2.42 bits per heavy atom. The molecule has 0 saturated carbocycles. The second kappa shape index (κ2) is 7.88. The minimum atomic E-state index is 0.305. The maximum atomic E-state index is 5.81. The van der Waals surface area contributed by atoms with Gasteiger partial charge in [-0.25, -0.2) is 0 Å². The number of halogens is 1. The van der Waals surface area contributed by atoms with Gasteiger partial charge < -0.3 is 5.32 Å². The highest BCUT2D eigenvalue weighted by Crippen LogP contribution is 2.03. The van der Waals surface area contributed by atoms with Crippen LogP contribution in [-0.2, 0) is 0 Å². The molecule has 0 radical (unpaired) electrons. The van der Waals surface area contributed by atoms with Crippen molar-refractivity contribution in [2.75, 3.05) is 13.1 Å². The van der Waals surface area contributed by atoms with Crippen LogP contribution >= 0.6 is 11.6 Å². The van der Waals surface area contributed by atoms with E-state index in [4.69, 9.17) is 11.6 Å². The SMILES string of the molecule is CCCC(C)CNCCC(C)Cl.